The first-order valence-corrected chi connectivity index (χ1v) is 7.28. The molecule has 1 fully saturated rings. The van der Waals surface area contributed by atoms with Crippen molar-refractivity contribution in [1.29, 1.82) is 0 Å². The maximum atomic E-state index is 6.10. The van der Waals surface area contributed by atoms with Crippen LogP contribution in [0.5, 0.6) is 0 Å². The quantitative estimate of drug-likeness (QED) is 0.845. The first kappa shape index (κ1) is 13.7. The van der Waals surface area contributed by atoms with E-state index >= 15 is 0 Å². The van der Waals surface area contributed by atoms with E-state index in [1.807, 2.05) is 6.07 Å². The molecule has 0 saturated heterocycles. The minimum Gasteiger partial charge on any atom is -0.374 e. The molecule has 0 atom stereocenters. The molecule has 0 amide bonds. The third kappa shape index (κ3) is 3.39. The summed E-state index contributed by atoms with van der Waals surface area (Å²) in [5, 5.41) is 4.21. The zero-order valence-corrected chi connectivity index (χ0v) is 12.1. The fourth-order valence-electron chi connectivity index (χ4n) is 2.49. The molecule has 1 saturated carbocycles. The van der Waals surface area contributed by atoms with E-state index < -0.39 is 0 Å². The molecule has 0 aliphatic heterocycles. The van der Waals surface area contributed by atoms with E-state index in [0.29, 0.717) is 0 Å². The third-order valence-electron chi connectivity index (χ3n) is 3.78. The summed E-state index contributed by atoms with van der Waals surface area (Å²) in [5.74, 6) is 0.887. The number of rotatable bonds is 6. The predicted octanol–water partition coefficient (Wildman–Crippen LogP) is 3.69. The minimum atomic E-state index is 0.823. The highest BCUT2D eigenvalue weighted by molar-refractivity contribution is 6.30. The summed E-state index contributed by atoms with van der Waals surface area (Å²) in [5.41, 5.74) is 2.61. The number of anilines is 1. The lowest BCUT2D eigenvalue weighted by atomic mass is 9.85. The van der Waals surface area contributed by atoms with Gasteiger partial charge in [-0.05, 0) is 49.1 Å². The zero-order chi connectivity index (χ0) is 13.0. The number of nitrogens with one attached hydrogen (secondary N) is 1. The lowest BCUT2D eigenvalue weighted by molar-refractivity contribution is 0.321. The Hall–Kier alpha value is -0.730. The van der Waals surface area contributed by atoms with Gasteiger partial charge in [-0.15, -0.1) is 0 Å². The van der Waals surface area contributed by atoms with Gasteiger partial charge in [0.1, 0.15) is 0 Å². The summed E-state index contributed by atoms with van der Waals surface area (Å²) < 4.78 is 0. The van der Waals surface area contributed by atoms with Gasteiger partial charge in [0, 0.05) is 30.8 Å². The zero-order valence-electron chi connectivity index (χ0n) is 11.4. The summed E-state index contributed by atoms with van der Waals surface area (Å²) in [4.78, 5) is 2.38. The molecule has 2 nitrogen and oxygen atoms in total. The van der Waals surface area contributed by atoms with Gasteiger partial charge in [-0.2, -0.15) is 0 Å². The van der Waals surface area contributed by atoms with E-state index in [1.54, 1.807) is 0 Å². The summed E-state index contributed by atoms with van der Waals surface area (Å²) >= 11 is 6.10. The van der Waals surface area contributed by atoms with E-state index in [1.165, 1.54) is 37.1 Å². The summed E-state index contributed by atoms with van der Waals surface area (Å²) in [6.07, 6.45) is 4.18. The molecular weight excluding hydrogens is 244 g/mol. The molecular formula is C15H23ClN2. The molecule has 2 rings (SSSR count). The van der Waals surface area contributed by atoms with Crippen molar-refractivity contribution in [3.63, 3.8) is 0 Å². The number of halogens is 1. The van der Waals surface area contributed by atoms with E-state index in [-0.39, 0.29) is 0 Å². The van der Waals surface area contributed by atoms with Crippen LogP contribution in [0.15, 0.2) is 18.2 Å². The van der Waals surface area contributed by atoms with Crippen LogP contribution in [0.25, 0.3) is 0 Å². The number of nitrogens with zero attached hydrogens (tertiary/aromatic N) is 1. The number of hydrogen-bond donors (Lipinski definition) is 1. The smallest absolute Gasteiger partial charge is 0.0410 e. The molecule has 100 valence electrons. The summed E-state index contributed by atoms with van der Waals surface area (Å²) in [7, 11) is 2.19. The van der Waals surface area contributed by atoms with Crippen LogP contribution in [-0.4, -0.2) is 20.1 Å². The SMILES string of the molecule is CCNCc1cc(Cl)ccc1N(C)CC1CCC1. The van der Waals surface area contributed by atoms with Crippen LogP contribution < -0.4 is 10.2 Å². The van der Waals surface area contributed by atoms with Gasteiger partial charge in [0.2, 0.25) is 0 Å². The van der Waals surface area contributed by atoms with Crippen LogP contribution in [0.2, 0.25) is 5.02 Å². The molecule has 1 aromatic rings. The Morgan fingerprint density at radius 2 is 2.17 bits per heavy atom. The van der Waals surface area contributed by atoms with E-state index in [0.717, 1.165) is 24.0 Å². The van der Waals surface area contributed by atoms with Crippen molar-refractivity contribution >= 4 is 17.3 Å². The van der Waals surface area contributed by atoms with Crippen molar-refractivity contribution in [2.24, 2.45) is 5.92 Å². The second kappa shape index (κ2) is 6.44. The van der Waals surface area contributed by atoms with Gasteiger partial charge in [0.25, 0.3) is 0 Å². The summed E-state index contributed by atoms with van der Waals surface area (Å²) in [6.45, 7) is 5.17. The van der Waals surface area contributed by atoms with Crippen LogP contribution in [-0.2, 0) is 6.54 Å². The van der Waals surface area contributed by atoms with Crippen LogP contribution >= 0.6 is 11.6 Å². The highest BCUT2D eigenvalue weighted by atomic mass is 35.5. The molecule has 18 heavy (non-hydrogen) atoms. The molecule has 0 spiro atoms. The Balaban J connectivity index is 2.08. The molecule has 1 aliphatic carbocycles. The Morgan fingerprint density at radius 3 is 2.78 bits per heavy atom. The van der Waals surface area contributed by atoms with E-state index in [9.17, 15) is 0 Å². The van der Waals surface area contributed by atoms with Gasteiger partial charge in [-0.3, -0.25) is 0 Å². The lowest BCUT2D eigenvalue weighted by Gasteiger charge is -2.32. The normalized spacial score (nSPS) is 15.5. The fraction of sp³-hybridized carbons (Fsp3) is 0.600. The van der Waals surface area contributed by atoms with Crippen LogP contribution in [0.1, 0.15) is 31.7 Å². The van der Waals surface area contributed by atoms with Crippen molar-refractivity contribution in [2.75, 3.05) is 25.0 Å². The first-order valence-electron chi connectivity index (χ1n) is 6.91. The fourth-order valence-corrected chi connectivity index (χ4v) is 2.68. The average molecular weight is 267 g/mol. The Bertz CT molecular complexity index is 388. The topological polar surface area (TPSA) is 15.3 Å². The maximum absolute atomic E-state index is 6.10. The second-order valence-electron chi connectivity index (χ2n) is 5.23. The van der Waals surface area contributed by atoms with Gasteiger partial charge in [-0.1, -0.05) is 24.9 Å². The van der Waals surface area contributed by atoms with Crippen molar-refractivity contribution in [3.8, 4) is 0 Å². The van der Waals surface area contributed by atoms with Crippen molar-refractivity contribution in [2.45, 2.75) is 32.7 Å². The van der Waals surface area contributed by atoms with Gasteiger partial charge in [0.15, 0.2) is 0 Å². The molecule has 0 aromatic heterocycles. The maximum Gasteiger partial charge on any atom is 0.0410 e. The molecule has 3 heteroatoms. The second-order valence-corrected chi connectivity index (χ2v) is 5.67. The minimum absolute atomic E-state index is 0.823. The number of benzene rings is 1. The molecule has 0 bridgehead atoms. The molecule has 0 heterocycles. The number of hydrogen-bond acceptors (Lipinski definition) is 2. The summed E-state index contributed by atoms with van der Waals surface area (Å²) in [6, 6.07) is 6.22. The van der Waals surface area contributed by atoms with Crippen molar-refractivity contribution < 1.29 is 0 Å². The van der Waals surface area contributed by atoms with Gasteiger partial charge >= 0.3 is 0 Å². The average Bonchev–Trinajstić information content (AvgIpc) is 2.31. The lowest BCUT2D eigenvalue weighted by Crippen LogP contribution is -2.30. The first-order chi connectivity index (χ1) is 8.70. The highest BCUT2D eigenvalue weighted by Gasteiger charge is 2.20. The molecule has 1 aromatic carbocycles. The van der Waals surface area contributed by atoms with Crippen molar-refractivity contribution in [1.82, 2.24) is 5.32 Å². The Labute approximate surface area is 115 Å². The van der Waals surface area contributed by atoms with Gasteiger partial charge < -0.3 is 10.2 Å². The molecule has 1 aliphatic rings. The monoisotopic (exact) mass is 266 g/mol. The largest absolute Gasteiger partial charge is 0.374 e. The van der Waals surface area contributed by atoms with Crippen molar-refractivity contribution in [3.05, 3.63) is 28.8 Å². The van der Waals surface area contributed by atoms with Crippen LogP contribution in [0.3, 0.4) is 0 Å². The van der Waals surface area contributed by atoms with Crippen LogP contribution in [0, 0.1) is 5.92 Å². The molecule has 0 unspecified atom stereocenters. The van der Waals surface area contributed by atoms with E-state index in [4.69, 9.17) is 11.6 Å². The Kier molecular flexibility index (Phi) is 4.90. The van der Waals surface area contributed by atoms with Gasteiger partial charge in [0.05, 0.1) is 0 Å². The van der Waals surface area contributed by atoms with E-state index in [2.05, 4.69) is 36.3 Å². The molecule has 0 radical (unpaired) electrons. The van der Waals surface area contributed by atoms with Gasteiger partial charge in [-0.25, -0.2) is 0 Å². The Morgan fingerprint density at radius 1 is 1.39 bits per heavy atom. The predicted molar refractivity (Wildman–Crippen MR) is 79.4 cm³/mol. The standard InChI is InChI=1S/C15H23ClN2/c1-3-17-10-13-9-14(16)7-8-15(13)18(2)11-12-5-4-6-12/h7-9,12,17H,3-6,10-11H2,1-2H3. The third-order valence-corrected chi connectivity index (χ3v) is 4.01. The highest BCUT2D eigenvalue weighted by Crippen LogP contribution is 2.30. The van der Waals surface area contributed by atoms with Crippen LogP contribution in [0.4, 0.5) is 5.69 Å². The molecule has 1 N–H and O–H groups in total.